The van der Waals surface area contributed by atoms with Crippen LogP contribution in [0.2, 0.25) is 0 Å². The summed E-state index contributed by atoms with van der Waals surface area (Å²) in [5, 5.41) is 0. The van der Waals surface area contributed by atoms with E-state index in [2.05, 4.69) is 10.9 Å². The highest BCUT2D eigenvalue weighted by atomic mass is 19.1. The van der Waals surface area contributed by atoms with Gasteiger partial charge in [0, 0.05) is 6.08 Å². The average Bonchev–Trinajstić information content (AvgIpc) is 2.60. The van der Waals surface area contributed by atoms with Crippen molar-refractivity contribution in [3.63, 3.8) is 0 Å². The molecule has 130 valence electrons. The summed E-state index contributed by atoms with van der Waals surface area (Å²) in [6, 6.07) is 11.2. The lowest BCUT2D eigenvalue weighted by Crippen LogP contribution is -2.43. The zero-order valence-corrected chi connectivity index (χ0v) is 14.0. The SMILES string of the molecule is Cc1cccc(OCC(=O)NNC(=O)/C=C/c2ccc(F)cc2)c1C. The first-order valence-electron chi connectivity index (χ1n) is 7.67. The van der Waals surface area contributed by atoms with Gasteiger partial charge in [0.25, 0.3) is 11.8 Å². The van der Waals surface area contributed by atoms with Gasteiger partial charge in [0.05, 0.1) is 0 Å². The van der Waals surface area contributed by atoms with Gasteiger partial charge in [0.2, 0.25) is 0 Å². The first kappa shape index (κ1) is 18.2. The molecule has 0 aliphatic rings. The van der Waals surface area contributed by atoms with Crippen molar-refractivity contribution in [3.05, 3.63) is 71.0 Å². The lowest BCUT2D eigenvalue weighted by molar-refractivity contribution is -0.128. The van der Waals surface area contributed by atoms with Gasteiger partial charge in [-0.2, -0.15) is 0 Å². The number of amides is 2. The third-order valence-electron chi connectivity index (χ3n) is 3.54. The fourth-order valence-electron chi connectivity index (χ4n) is 1.98. The molecular weight excluding hydrogens is 323 g/mol. The second-order valence-corrected chi connectivity index (χ2v) is 5.41. The molecule has 6 heteroatoms. The van der Waals surface area contributed by atoms with Gasteiger partial charge in [0.15, 0.2) is 6.61 Å². The van der Waals surface area contributed by atoms with Crippen LogP contribution in [0.25, 0.3) is 6.08 Å². The van der Waals surface area contributed by atoms with Crippen molar-refractivity contribution in [3.8, 4) is 5.75 Å². The Bertz CT molecular complexity index is 786. The van der Waals surface area contributed by atoms with E-state index in [1.165, 1.54) is 36.4 Å². The summed E-state index contributed by atoms with van der Waals surface area (Å²) in [5.74, 6) is -0.718. The molecule has 0 heterocycles. The number of aryl methyl sites for hydroxylation is 1. The number of halogens is 1. The van der Waals surface area contributed by atoms with Crippen LogP contribution in [0.15, 0.2) is 48.5 Å². The zero-order chi connectivity index (χ0) is 18.2. The van der Waals surface area contributed by atoms with Crippen molar-refractivity contribution in [2.45, 2.75) is 13.8 Å². The molecule has 0 radical (unpaired) electrons. The Morgan fingerprint density at radius 1 is 1.08 bits per heavy atom. The predicted octanol–water partition coefficient (Wildman–Crippen LogP) is 2.68. The monoisotopic (exact) mass is 342 g/mol. The Kier molecular flexibility index (Phi) is 6.28. The predicted molar refractivity (Wildman–Crippen MR) is 93.1 cm³/mol. The van der Waals surface area contributed by atoms with Crippen LogP contribution in [0.3, 0.4) is 0 Å². The van der Waals surface area contributed by atoms with Crippen LogP contribution in [0, 0.1) is 19.7 Å². The van der Waals surface area contributed by atoms with Crippen LogP contribution in [0.4, 0.5) is 4.39 Å². The number of ether oxygens (including phenoxy) is 1. The van der Waals surface area contributed by atoms with Crippen molar-refractivity contribution in [1.29, 1.82) is 0 Å². The number of carbonyl (C=O) groups is 2. The largest absolute Gasteiger partial charge is 0.483 e. The van der Waals surface area contributed by atoms with E-state index in [0.29, 0.717) is 11.3 Å². The molecule has 0 atom stereocenters. The molecule has 0 fully saturated rings. The number of benzene rings is 2. The normalized spacial score (nSPS) is 10.5. The summed E-state index contributed by atoms with van der Waals surface area (Å²) in [6.07, 6.45) is 2.74. The Balaban J connectivity index is 1.76. The molecule has 0 bridgehead atoms. The van der Waals surface area contributed by atoms with E-state index in [1.54, 1.807) is 6.07 Å². The molecule has 0 aliphatic carbocycles. The summed E-state index contributed by atoms with van der Waals surface area (Å²) in [7, 11) is 0. The minimum absolute atomic E-state index is 0.216. The fourth-order valence-corrected chi connectivity index (χ4v) is 1.98. The van der Waals surface area contributed by atoms with Gasteiger partial charge >= 0.3 is 0 Å². The molecule has 0 saturated heterocycles. The molecule has 0 aromatic heterocycles. The van der Waals surface area contributed by atoms with Crippen molar-refractivity contribution in [2.75, 3.05) is 6.61 Å². The first-order chi connectivity index (χ1) is 12.0. The van der Waals surface area contributed by atoms with E-state index in [4.69, 9.17) is 4.74 Å². The summed E-state index contributed by atoms with van der Waals surface area (Å²) >= 11 is 0. The quantitative estimate of drug-likeness (QED) is 0.648. The molecule has 2 aromatic carbocycles. The van der Waals surface area contributed by atoms with Crippen molar-refractivity contribution >= 4 is 17.9 Å². The van der Waals surface area contributed by atoms with Crippen LogP contribution in [-0.2, 0) is 9.59 Å². The molecular formula is C19H19FN2O3. The molecule has 25 heavy (non-hydrogen) atoms. The lowest BCUT2D eigenvalue weighted by Gasteiger charge is -2.11. The highest BCUT2D eigenvalue weighted by Gasteiger charge is 2.06. The van der Waals surface area contributed by atoms with Gasteiger partial charge in [-0.15, -0.1) is 0 Å². The molecule has 2 N–H and O–H groups in total. The number of hydrogen-bond acceptors (Lipinski definition) is 3. The Morgan fingerprint density at radius 2 is 1.80 bits per heavy atom. The van der Waals surface area contributed by atoms with Gasteiger partial charge in [0.1, 0.15) is 11.6 Å². The standard InChI is InChI=1S/C19H19FN2O3/c1-13-4-3-5-17(14(13)2)25-12-19(24)22-21-18(23)11-8-15-6-9-16(20)10-7-15/h3-11H,12H2,1-2H3,(H,21,23)(H,22,24)/b11-8+. The highest BCUT2D eigenvalue weighted by Crippen LogP contribution is 2.20. The van der Waals surface area contributed by atoms with Crippen LogP contribution in [0.1, 0.15) is 16.7 Å². The van der Waals surface area contributed by atoms with Gasteiger partial charge in [-0.05, 0) is 54.8 Å². The molecule has 2 aromatic rings. The van der Waals surface area contributed by atoms with E-state index >= 15 is 0 Å². The molecule has 5 nitrogen and oxygen atoms in total. The van der Waals surface area contributed by atoms with Crippen molar-refractivity contribution in [2.24, 2.45) is 0 Å². The fraction of sp³-hybridized carbons (Fsp3) is 0.158. The van der Waals surface area contributed by atoms with E-state index in [-0.39, 0.29) is 12.4 Å². The highest BCUT2D eigenvalue weighted by molar-refractivity contribution is 5.93. The first-order valence-corrected chi connectivity index (χ1v) is 7.67. The van der Waals surface area contributed by atoms with Crippen molar-refractivity contribution < 1.29 is 18.7 Å². The smallest absolute Gasteiger partial charge is 0.276 e. The Hall–Kier alpha value is -3.15. The van der Waals surface area contributed by atoms with E-state index < -0.39 is 11.8 Å². The maximum atomic E-state index is 12.8. The average molecular weight is 342 g/mol. The van der Waals surface area contributed by atoms with Crippen LogP contribution in [0.5, 0.6) is 5.75 Å². The van der Waals surface area contributed by atoms with Gasteiger partial charge in [-0.3, -0.25) is 20.4 Å². The molecule has 0 spiro atoms. The second kappa shape index (κ2) is 8.63. The van der Waals surface area contributed by atoms with Gasteiger partial charge in [-0.1, -0.05) is 24.3 Å². The number of carbonyl (C=O) groups excluding carboxylic acids is 2. The maximum absolute atomic E-state index is 12.8. The number of hydrogen-bond donors (Lipinski definition) is 2. The number of nitrogens with one attached hydrogen (secondary N) is 2. The van der Waals surface area contributed by atoms with Gasteiger partial charge in [-0.25, -0.2) is 4.39 Å². The summed E-state index contributed by atoms with van der Waals surface area (Å²) in [4.78, 5) is 23.3. The number of rotatable bonds is 5. The molecule has 2 rings (SSSR count). The topological polar surface area (TPSA) is 67.4 Å². The summed E-state index contributed by atoms with van der Waals surface area (Å²) in [5.41, 5.74) is 7.20. The maximum Gasteiger partial charge on any atom is 0.276 e. The summed E-state index contributed by atoms with van der Waals surface area (Å²) in [6.45, 7) is 3.65. The lowest BCUT2D eigenvalue weighted by atomic mass is 10.1. The Labute approximate surface area is 145 Å². The third kappa shape index (κ3) is 5.76. The van der Waals surface area contributed by atoms with Gasteiger partial charge < -0.3 is 4.74 Å². The molecule has 2 amide bonds. The minimum Gasteiger partial charge on any atom is -0.483 e. The van der Waals surface area contributed by atoms with Crippen LogP contribution >= 0.6 is 0 Å². The summed E-state index contributed by atoms with van der Waals surface area (Å²) < 4.78 is 18.2. The van der Waals surface area contributed by atoms with Crippen LogP contribution < -0.4 is 15.6 Å². The van der Waals surface area contributed by atoms with Crippen LogP contribution in [-0.4, -0.2) is 18.4 Å². The Morgan fingerprint density at radius 3 is 2.52 bits per heavy atom. The molecule has 0 aliphatic heterocycles. The zero-order valence-electron chi connectivity index (χ0n) is 14.0. The minimum atomic E-state index is -0.510. The molecule has 0 saturated carbocycles. The third-order valence-corrected chi connectivity index (χ3v) is 3.54. The van der Waals surface area contributed by atoms with E-state index in [1.807, 2.05) is 26.0 Å². The second-order valence-electron chi connectivity index (χ2n) is 5.41. The van der Waals surface area contributed by atoms with Crippen molar-refractivity contribution in [1.82, 2.24) is 10.9 Å². The molecule has 0 unspecified atom stereocenters. The van der Waals surface area contributed by atoms with E-state index in [0.717, 1.165) is 11.1 Å². The number of hydrazine groups is 1. The van der Waals surface area contributed by atoms with E-state index in [9.17, 15) is 14.0 Å².